The fraction of sp³-hybridized carbons (Fsp3) is 0. The van der Waals surface area contributed by atoms with Crippen LogP contribution in [0.4, 0.5) is 0 Å². The van der Waals surface area contributed by atoms with Gasteiger partial charge in [0.25, 0.3) is 0 Å². The maximum atomic E-state index is 7.18. The molecule has 0 unspecified atom stereocenters. The van der Waals surface area contributed by atoms with Crippen LogP contribution in [0.5, 0.6) is 0 Å². The lowest BCUT2D eigenvalue weighted by Crippen LogP contribution is -2.00. The van der Waals surface area contributed by atoms with E-state index in [1.165, 1.54) is 48.7 Å². The van der Waals surface area contributed by atoms with E-state index < -0.39 is 0 Å². The molecule has 15 aromatic rings. The van der Waals surface area contributed by atoms with Gasteiger partial charge in [-0.15, -0.1) is 0 Å². The summed E-state index contributed by atoms with van der Waals surface area (Å²) in [6.45, 7) is 0. The van der Waals surface area contributed by atoms with Gasteiger partial charge in [0.15, 0.2) is 17.5 Å². The molecule has 3 heterocycles. The molecule has 70 heavy (non-hydrogen) atoms. The lowest BCUT2D eigenvalue weighted by atomic mass is 9.97. The molecule has 3 aromatic heterocycles. The highest BCUT2D eigenvalue weighted by molar-refractivity contribution is 6.26. The zero-order valence-corrected chi connectivity index (χ0v) is 37.6. The van der Waals surface area contributed by atoms with Crippen molar-refractivity contribution in [2.24, 2.45) is 0 Å². The zero-order chi connectivity index (χ0) is 45.9. The molecule has 5 nitrogen and oxygen atoms in total. The fourth-order valence-corrected chi connectivity index (χ4v) is 11.1. The average Bonchev–Trinajstić information content (AvgIpc) is 3.97. The monoisotopic (exact) mass is 890 g/mol. The number of fused-ring (bicyclic) bond motifs is 13. The van der Waals surface area contributed by atoms with Gasteiger partial charge in [-0.2, -0.15) is 0 Å². The zero-order valence-electron chi connectivity index (χ0n) is 37.6. The van der Waals surface area contributed by atoms with Gasteiger partial charge in [-0.1, -0.05) is 194 Å². The van der Waals surface area contributed by atoms with Crippen molar-refractivity contribution in [2.45, 2.75) is 0 Å². The number of hydrogen-bond acceptors (Lipinski definition) is 4. The number of nitrogens with zero attached hydrogens (tertiary/aromatic N) is 4. The molecule has 15 rings (SSSR count). The van der Waals surface area contributed by atoms with E-state index in [-0.39, 0.29) is 0 Å². The quantitative estimate of drug-likeness (QED) is 0.173. The summed E-state index contributed by atoms with van der Waals surface area (Å²) in [6.07, 6.45) is 0. The van der Waals surface area contributed by atoms with Gasteiger partial charge >= 0.3 is 0 Å². The summed E-state index contributed by atoms with van der Waals surface area (Å²) in [4.78, 5) is 15.8. The maximum Gasteiger partial charge on any atom is 0.167 e. The number of hydrogen-bond donors (Lipinski definition) is 0. The highest BCUT2D eigenvalue weighted by Crippen LogP contribution is 2.45. The summed E-state index contributed by atoms with van der Waals surface area (Å²) in [7, 11) is 0. The van der Waals surface area contributed by atoms with Crippen molar-refractivity contribution in [1.29, 1.82) is 0 Å². The summed E-state index contributed by atoms with van der Waals surface area (Å²) in [5.74, 6) is 1.72. The third-order valence-corrected chi connectivity index (χ3v) is 14.4. The Morgan fingerprint density at radius 2 is 0.843 bits per heavy atom. The molecule has 324 valence electrons. The van der Waals surface area contributed by atoms with Gasteiger partial charge in [0.2, 0.25) is 0 Å². The van der Waals surface area contributed by atoms with Crippen LogP contribution >= 0.6 is 0 Å². The van der Waals surface area contributed by atoms with Gasteiger partial charge in [0.05, 0.1) is 22.3 Å². The van der Waals surface area contributed by atoms with Crippen LogP contribution in [0.1, 0.15) is 0 Å². The minimum atomic E-state index is 0.543. The first-order valence-corrected chi connectivity index (χ1v) is 23.7. The molecule has 0 aliphatic heterocycles. The summed E-state index contributed by atoms with van der Waals surface area (Å²) in [6, 6.07) is 82.2. The molecule has 0 spiro atoms. The molecule has 0 aliphatic rings. The molecule has 0 fully saturated rings. The summed E-state index contributed by atoms with van der Waals surface area (Å²) in [5.41, 5.74) is 9.80. The van der Waals surface area contributed by atoms with Crippen molar-refractivity contribution in [1.82, 2.24) is 19.5 Å². The normalized spacial score (nSPS) is 12.0. The molecule has 0 atom stereocenters. The Hall–Kier alpha value is -9.45. The lowest BCUT2D eigenvalue weighted by molar-refractivity contribution is 0.669. The van der Waals surface area contributed by atoms with Gasteiger partial charge in [0.1, 0.15) is 11.2 Å². The van der Waals surface area contributed by atoms with Crippen LogP contribution < -0.4 is 0 Å². The van der Waals surface area contributed by atoms with E-state index in [1.54, 1.807) is 0 Å². The first-order valence-electron chi connectivity index (χ1n) is 23.7. The first kappa shape index (κ1) is 38.6. The van der Waals surface area contributed by atoms with E-state index in [9.17, 15) is 0 Å². The molecule has 0 saturated heterocycles. The van der Waals surface area contributed by atoms with Crippen molar-refractivity contribution in [3.63, 3.8) is 0 Å². The van der Waals surface area contributed by atoms with Crippen molar-refractivity contribution in [3.8, 4) is 51.0 Å². The summed E-state index contributed by atoms with van der Waals surface area (Å²) < 4.78 is 9.63. The highest BCUT2D eigenvalue weighted by Gasteiger charge is 2.23. The van der Waals surface area contributed by atoms with E-state index in [2.05, 4.69) is 235 Å². The topological polar surface area (TPSA) is 56.7 Å². The van der Waals surface area contributed by atoms with Gasteiger partial charge in [-0.25, -0.2) is 15.0 Å². The second-order valence-electron chi connectivity index (χ2n) is 18.3. The molecule has 0 N–H and O–H groups in total. The second-order valence-corrected chi connectivity index (χ2v) is 18.3. The van der Waals surface area contributed by atoms with Crippen molar-refractivity contribution >= 4 is 97.6 Å². The molecule has 0 radical (unpaired) electrons. The Morgan fingerprint density at radius 1 is 0.300 bits per heavy atom. The van der Waals surface area contributed by atoms with E-state index >= 15 is 0 Å². The Labute approximate surface area is 401 Å². The Morgan fingerprint density at radius 3 is 1.64 bits per heavy atom. The van der Waals surface area contributed by atoms with Gasteiger partial charge in [-0.05, 0) is 89.9 Å². The smallest absolute Gasteiger partial charge is 0.167 e. The molecule has 5 heteroatoms. The van der Waals surface area contributed by atoms with E-state index in [0.717, 1.165) is 82.5 Å². The number of para-hydroxylation sites is 1. The van der Waals surface area contributed by atoms with E-state index in [0.29, 0.717) is 17.5 Å². The first-order chi connectivity index (χ1) is 34.7. The molecule has 12 aromatic carbocycles. The molecule has 0 aliphatic carbocycles. The van der Waals surface area contributed by atoms with Gasteiger partial charge in [0, 0.05) is 44.1 Å². The third kappa shape index (κ3) is 5.88. The SMILES string of the molecule is c1ccc2cc(-c3nc(-c4ccc(-c5cccc6ccccc56)cc4)nc(-c4cccc5c4oc4cc(-n6c7cc8ccccc8cc7c7c8ccccc8ccc76)c6ccccc6c45)n3)ccc2c1. The molecule has 0 bridgehead atoms. The van der Waals surface area contributed by atoms with Crippen LogP contribution in [-0.2, 0) is 0 Å². The number of aromatic nitrogens is 4. The second kappa shape index (κ2) is 15.0. The fourth-order valence-electron chi connectivity index (χ4n) is 11.1. The van der Waals surface area contributed by atoms with E-state index in [1.807, 2.05) is 0 Å². The third-order valence-electron chi connectivity index (χ3n) is 14.4. The van der Waals surface area contributed by atoms with Crippen LogP contribution in [0.3, 0.4) is 0 Å². The predicted octanol–water partition coefficient (Wildman–Crippen LogP) is 17.3. The average molecular weight is 891 g/mol. The standard InChI is InChI=1S/C65H38N4O/c1-2-16-44-35-47(32-27-39(44)13-1)64-66-63(43-30-28-42(29-31-43)49-24-11-19-40-14-5-7-20-48(40)49)67-65(68-64)54-26-12-25-53-61-52-23-10-9-22-51(52)58(38-59(61)70-62(53)54)69-56-34-33-41-15-6-8-21-50(41)60(56)55-36-45-17-3-4-18-46(45)37-57(55)69/h1-38H. The Balaban J connectivity index is 0.953. The number of benzene rings is 12. The Kier molecular flexibility index (Phi) is 8.29. The van der Waals surface area contributed by atoms with Crippen molar-refractivity contribution in [3.05, 3.63) is 231 Å². The lowest BCUT2D eigenvalue weighted by Gasteiger charge is -2.13. The number of furan rings is 1. The van der Waals surface area contributed by atoms with Gasteiger partial charge < -0.3 is 8.98 Å². The number of rotatable bonds is 5. The largest absolute Gasteiger partial charge is 0.455 e. The van der Waals surface area contributed by atoms with Gasteiger partial charge in [-0.3, -0.25) is 0 Å². The highest BCUT2D eigenvalue weighted by atomic mass is 16.3. The summed E-state index contributed by atoms with van der Waals surface area (Å²) in [5, 5.41) is 16.3. The van der Waals surface area contributed by atoms with Crippen molar-refractivity contribution in [2.75, 3.05) is 0 Å². The van der Waals surface area contributed by atoms with Crippen LogP contribution in [0.25, 0.3) is 149 Å². The predicted molar refractivity (Wildman–Crippen MR) is 291 cm³/mol. The summed E-state index contributed by atoms with van der Waals surface area (Å²) >= 11 is 0. The molecular weight excluding hydrogens is 853 g/mol. The van der Waals surface area contributed by atoms with Crippen LogP contribution in [0.2, 0.25) is 0 Å². The Bertz CT molecular complexity index is 4650. The minimum absolute atomic E-state index is 0.543. The van der Waals surface area contributed by atoms with Crippen molar-refractivity contribution < 1.29 is 4.42 Å². The van der Waals surface area contributed by atoms with Crippen LogP contribution in [0, 0.1) is 0 Å². The van der Waals surface area contributed by atoms with Crippen LogP contribution in [-0.4, -0.2) is 19.5 Å². The molecular formula is C65H38N4O. The maximum absolute atomic E-state index is 7.18. The minimum Gasteiger partial charge on any atom is -0.455 e. The molecule has 0 amide bonds. The van der Waals surface area contributed by atoms with Crippen LogP contribution in [0.15, 0.2) is 235 Å². The molecule has 0 saturated carbocycles. The van der Waals surface area contributed by atoms with E-state index in [4.69, 9.17) is 19.4 Å².